The first-order chi connectivity index (χ1) is 5.72. The second kappa shape index (κ2) is 3.85. The maximum absolute atomic E-state index is 10.6. The number of carbonyl (C=O) groups is 2. The van der Waals surface area contributed by atoms with Crippen molar-refractivity contribution in [1.82, 2.24) is 5.32 Å². The van der Waals surface area contributed by atoms with Crippen molar-refractivity contribution in [2.45, 2.75) is 19.8 Å². The molecule has 0 saturated carbocycles. The molecule has 64 valence electrons. The van der Waals surface area contributed by atoms with E-state index in [2.05, 4.69) is 5.32 Å². The highest BCUT2D eigenvalue weighted by Gasteiger charge is 2.05. The maximum Gasteiger partial charge on any atom is 0.220 e. The Balaban J connectivity index is 2.59. The molecule has 12 heavy (non-hydrogen) atoms. The van der Waals surface area contributed by atoms with Crippen LogP contribution in [0.5, 0.6) is 0 Å². The first-order valence-electron chi connectivity index (χ1n) is 3.85. The third kappa shape index (κ3) is 2.34. The molecule has 0 radical (unpaired) electrons. The summed E-state index contributed by atoms with van der Waals surface area (Å²) in [6.45, 7) is 1.47. The molecular weight excluding hydrogens is 154 g/mol. The summed E-state index contributed by atoms with van der Waals surface area (Å²) in [4.78, 5) is 20.9. The first kappa shape index (κ1) is 8.71. The summed E-state index contributed by atoms with van der Waals surface area (Å²) in [6, 6.07) is 0. The molecule has 3 nitrogen and oxygen atoms in total. The van der Waals surface area contributed by atoms with Crippen molar-refractivity contribution in [3.8, 4) is 0 Å². The van der Waals surface area contributed by atoms with Gasteiger partial charge in [0.05, 0.1) is 0 Å². The molecule has 1 rings (SSSR count). The third-order valence-electron chi connectivity index (χ3n) is 1.67. The molecule has 0 unspecified atom stereocenters. The van der Waals surface area contributed by atoms with Gasteiger partial charge in [-0.25, -0.2) is 0 Å². The van der Waals surface area contributed by atoms with Gasteiger partial charge in [0.1, 0.15) is 6.29 Å². The highest BCUT2D eigenvalue weighted by molar-refractivity contribution is 5.77. The van der Waals surface area contributed by atoms with E-state index in [4.69, 9.17) is 0 Å². The Kier molecular flexibility index (Phi) is 2.80. The summed E-state index contributed by atoms with van der Waals surface area (Å²) in [6.07, 6.45) is 5.82. The van der Waals surface area contributed by atoms with Crippen molar-refractivity contribution < 1.29 is 9.59 Å². The Hall–Kier alpha value is -1.38. The Labute approximate surface area is 71.1 Å². The van der Waals surface area contributed by atoms with Crippen LogP contribution in [0.15, 0.2) is 23.4 Å². The van der Waals surface area contributed by atoms with Gasteiger partial charge in [-0.3, -0.25) is 9.59 Å². The number of amides is 1. The molecule has 1 amide bonds. The lowest BCUT2D eigenvalue weighted by molar-refractivity contribution is -0.118. The molecule has 0 bridgehead atoms. The van der Waals surface area contributed by atoms with Gasteiger partial charge >= 0.3 is 0 Å². The standard InChI is InChI=1S/C9H11NO2/c1-7(12)10-9-4-2-8(6-11)3-5-9/h2,4,6H,3,5H2,1H3,(H,10,12). The molecule has 0 heterocycles. The van der Waals surface area contributed by atoms with Gasteiger partial charge in [0.15, 0.2) is 0 Å². The number of rotatable bonds is 2. The van der Waals surface area contributed by atoms with Gasteiger partial charge in [0.2, 0.25) is 5.91 Å². The van der Waals surface area contributed by atoms with Crippen LogP contribution in [0.4, 0.5) is 0 Å². The van der Waals surface area contributed by atoms with Gasteiger partial charge in [0.25, 0.3) is 0 Å². The van der Waals surface area contributed by atoms with Crippen molar-refractivity contribution in [2.75, 3.05) is 0 Å². The van der Waals surface area contributed by atoms with Crippen molar-refractivity contribution >= 4 is 12.2 Å². The van der Waals surface area contributed by atoms with Crippen LogP contribution in [0.1, 0.15) is 19.8 Å². The SMILES string of the molecule is CC(=O)NC1=CC=C(C=O)CC1. The topological polar surface area (TPSA) is 46.2 Å². The minimum atomic E-state index is -0.0656. The average Bonchev–Trinajstić information content (AvgIpc) is 2.05. The van der Waals surface area contributed by atoms with E-state index < -0.39 is 0 Å². The Morgan fingerprint density at radius 2 is 2.25 bits per heavy atom. The first-order valence-corrected chi connectivity index (χ1v) is 3.85. The normalized spacial score (nSPS) is 16.1. The smallest absolute Gasteiger partial charge is 0.220 e. The number of allylic oxidation sites excluding steroid dienone is 4. The Morgan fingerprint density at radius 1 is 1.50 bits per heavy atom. The predicted octanol–water partition coefficient (Wildman–Crippen LogP) is 0.925. The van der Waals surface area contributed by atoms with Gasteiger partial charge in [-0.15, -0.1) is 0 Å². The van der Waals surface area contributed by atoms with Gasteiger partial charge in [0, 0.05) is 12.6 Å². The number of aldehydes is 1. The molecule has 3 heteroatoms. The van der Waals surface area contributed by atoms with Crippen LogP contribution in [0.25, 0.3) is 0 Å². The van der Waals surface area contributed by atoms with Crippen LogP contribution in [-0.2, 0) is 9.59 Å². The van der Waals surface area contributed by atoms with E-state index >= 15 is 0 Å². The molecule has 1 N–H and O–H groups in total. The molecule has 0 saturated heterocycles. The Morgan fingerprint density at radius 3 is 2.67 bits per heavy atom. The molecule has 0 fully saturated rings. The molecule has 0 spiro atoms. The Bertz CT molecular complexity index is 264. The summed E-state index contributed by atoms with van der Waals surface area (Å²) in [5.74, 6) is -0.0656. The van der Waals surface area contributed by atoms with Crippen molar-refractivity contribution in [3.05, 3.63) is 23.4 Å². The fraction of sp³-hybridized carbons (Fsp3) is 0.333. The average molecular weight is 165 g/mol. The van der Waals surface area contributed by atoms with Gasteiger partial charge in [-0.2, -0.15) is 0 Å². The molecule has 0 atom stereocenters. The maximum atomic E-state index is 10.6. The van der Waals surface area contributed by atoms with E-state index in [0.717, 1.165) is 30.4 Å². The molecular formula is C9H11NO2. The molecule has 0 aromatic heterocycles. The summed E-state index contributed by atoms with van der Waals surface area (Å²) in [5, 5.41) is 2.69. The van der Waals surface area contributed by atoms with Crippen molar-refractivity contribution in [3.63, 3.8) is 0 Å². The van der Waals surface area contributed by atoms with Crippen molar-refractivity contribution in [2.24, 2.45) is 0 Å². The zero-order chi connectivity index (χ0) is 8.97. The van der Waals surface area contributed by atoms with Crippen LogP contribution in [-0.4, -0.2) is 12.2 Å². The minimum absolute atomic E-state index is 0.0656. The van der Waals surface area contributed by atoms with Crippen LogP contribution in [0.3, 0.4) is 0 Å². The minimum Gasteiger partial charge on any atom is -0.330 e. The number of nitrogens with one attached hydrogen (secondary N) is 1. The monoisotopic (exact) mass is 165 g/mol. The second-order valence-electron chi connectivity index (χ2n) is 2.73. The predicted molar refractivity (Wildman–Crippen MR) is 45.3 cm³/mol. The summed E-state index contributed by atoms with van der Waals surface area (Å²) in [7, 11) is 0. The van der Waals surface area contributed by atoms with Crippen LogP contribution in [0.2, 0.25) is 0 Å². The molecule has 0 aromatic carbocycles. The third-order valence-corrected chi connectivity index (χ3v) is 1.67. The van der Waals surface area contributed by atoms with E-state index in [1.165, 1.54) is 6.92 Å². The lowest BCUT2D eigenvalue weighted by Crippen LogP contribution is -2.20. The molecule has 1 aliphatic rings. The second-order valence-corrected chi connectivity index (χ2v) is 2.73. The van der Waals surface area contributed by atoms with Crippen LogP contribution >= 0.6 is 0 Å². The number of hydrogen-bond acceptors (Lipinski definition) is 2. The van der Waals surface area contributed by atoms with E-state index in [1.807, 2.05) is 0 Å². The zero-order valence-corrected chi connectivity index (χ0v) is 6.96. The van der Waals surface area contributed by atoms with Gasteiger partial charge in [-0.1, -0.05) is 6.08 Å². The van der Waals surface area contributed by atoms with Gasteiger partial charge < -0.3 is 5.32 Å². The molecule has 1 aliphatic carbocycles. The summed E-state index contributed by atoms with van der Waals surface area (Å²) >= 11 is 0. The quantitative estimate of drug-likeness (QED) is 0.618. The lowest BCUT2D eigenvalue weighted by atomic mass is 10.0. The fourth-order valence-electron chi connectivity index (χ4n) is 1.08. The van der Waals surface area contributed by atoms with E-state index in [-0.39, 0.29) is 5.91 Å². The van der Waals surface area contributed by atoms with E-state index in [1.54, 1.807) is 12.2 Å². The summed E-state index contributed by atoms with van der Waals surface area (Å²) < 4.78 is 0. The lowest BCUT2D eigenvalue weighted by Gasteiger charge is -2.10. The van der Waals surface area contributed by atoms with Crippen molar-refractivity contribution in [1.29, 1.82) is 0 Å². The van der Waals surface area contributed by atoms with E-state index in [9.17, 15) is 9.59 Å². The highest BCUT2D eigenvalue weighted by atomic mass is 16.1. The van der Waals surface area contributed by atoms with Gasteiger partial charge in [-0.05, 0) is 24.5 Å². The molecule has 0 aromatic rings. The van der Waals surface area contributed by atoms with Crippen LogP contribution in [0, 0.1) is 0 Å². The zero-order valence-electron chi connectivity index (χ0n) is 6.96. The fourth-order valence-corrected chi connectivity index (χ4v) is 1.08. The molecule has 0 aliphatic heterocycles. The number of carbonyl (C=O) groups excluding carboxylic acids is 2. The van der Waals surface area contributed by atoms with E-state index in [0.29, 0.717) is 0 Å². The van der Waals surface area contributed by atoms with Crippen LogP contribution < -0.4 is 5.32 Å². The summed E-state index contributed by atoms with van der Waals surface area (Å²) in [5.41, 5.74) is 1.66. The highest BCUT2D eigenvalue weighted by Crippen LogP contribution is 2.14. The largest absolute Gasteiger partial charge is 0.330 e. The number of hydrogen-bond donors (Lipinski definition) is 1.